The average molecular weight is 217 g/mol. The number of carbonyl (C=O) groups is 1. The molecule has 0 aliphatic rings. The van der Waals surface area contributed by atoms with Crippen molar-refractivity contribution in [3.63, 3.8) is 0 Å². The molecule has 4 heteroatoms. The first-order chi connectivity index (χ1) is 7.72. The zero-order valence-corrected chi connectivity index (χ0v) is 9.23. The molecule has 1 heterocycles. The van der Waals surface area contributed by atoms with Crippen LogP contribution in [0.25, 0.3) is 10.9 Å². The first-order valence-electron chi connectivity index (χ1n) is 5.25. The lowest BCUT2D eigenvalue weighted by atomic mass is 10.2. The van der Waals surface area contributed by atoms with Crippen LogP contribution in [-0.2, 0) is 0 Å². The van der Waals surface area contributed by atoms with Crippen molar-refractivity contribution in [1.29, 1.82) is 0 Å². The van der Waals surface area contributed by atoms with Gasteiger partial charge in [-0.15, -0.1) is 0 Å². The Morgan fingerprint density at radius 3 is 2.88 bits per heavy atom. The van der Waals surface area contributed by atoms with Crippen LogP contribution in [-0.4, -0.2) is 35.9 Å². The van der Waals surface area contributed by atoms with E-state index in [1.165, 1.54) is 0 Å². The van der Waals surface area contributed by atoms with Crippen LogP contribution < -0.4 is 5.73 Å². The maximum absolute atomic E-state index is 11.9. The van der Waals surface area contributed by atoms with Gasteiger partial charge in [0.2, 0.25) is 0 Å². The van der Waals surface area contributed by atoms with Gasteiger partial charge in [0, 0.05) is 31.0 Å². The van der Waals surface area contributed by atoms with E-state index in [1.54, 1.807) is 11.9 Å². The summed E-state index contributed by atoms with van der Waals surface area (Å²) < 4.78 is 0. The van der Waals surface area contributed by atoms with Crippen molar-refractivity contribution in [2.24, 2.45) is 5.73 Å². The number of para-hydroxylation sites is 1. The summed E-state index contributed by atoms with van der Waals surface area (Å²) in [6.45, 7) is 1.04. The first-order valence-corrected chi connectivity index (χ1v) is 5.25. The van der Waals surface area contributed by atoms with Crippen LogP contribution in [0.4, 0.5) is 0 Å². The molecule has 1 aromatic carbocycles. The van der Waals surface area contributed by atoms with Crippen LogP contribution in [0.5, 0.6) is 0 Å². The number of rotatable bonds is 3. The molecular weight excluding hydrogens is 202 g/mol. The highest BCUT2D eigenvalue weighted by Gasteiger charge is 2.13. The Kier molecular flexibility index (Phi) is 2.92. The number of hydrogen-bond acceptors (Lipinski definition) is 2. The van der Waals surface area contributed by atoms with E-state index in [4.69, 9.17) is 5.73 Å². The van der Waals surface area contributed by atoms with Gasteiger partial charge in [-0.25, -0.2) is 0 Å². The lowest BCUT2D eigenvalue weighted by Crippen LogP contribution is -2.31. The molecule has 0 atom stereocenters. The summed E-state index contributed by atoms with van der Waals surface area (Å²) in [5.41, 5.74) is 7.00. The monoisotopic (exact) mass is 217 g/mol. The van der Waals surface area contributed by atoms with Crippen LogP contribution in [0.15, 0.2) is 30.3 Å². The van der Waals surface area contributed by atoms with Crippen LogP contribution in [0.2, 0.25) is 0 Å². The summed E-state index contributed by atoms with van der Waals surface area (Å²) in [5, 5.41) is 1.05. The maximum Gasteiger partial charge on any atom is 0.270 e. The Labute approximate surface area is 94.0 Å². The number of nitrogens with two attached hydrogens (primary N) is 1. The molecule has 0 aliphatic carbocycles. The number of H-pyrrole nitrogens is 1. The fraction of sp³-hybridized carbons (Fsp3) is 0.250. The van der Waals surface area contributed by atoms with E-state index < -0.39 is 0 Å². The number of nitrogens with one attached hydrogen (secondary N) is 1. The van der Waals surface area contributed by atoms with Crippen molar-refractivity contribution in [2.45, 2.75) is 0 Å². The molecule has 16 heavy (non-hydrogen) atoms. The molecule has 0 radical (unpaired) electrons. The summed E-state index contributed by atoms with van der Waals surface area (Å²) in [6.07, 6.45) is 0. The van der Waals surface area contributed by atoms with Crippen LogP contribution in [0.1, 0.15) is 10.5 Å². The molecular formula is C12H15N3O. The third kappa shape index (κ3) is 1.92. The number of aromatic amines is 1. The van der Waals surface area contributed by atoms with Crippen LogP contribution in [0.3, 0.4) is 0 Å². The van der Waals surface area contributed by atoms with E-state index in [0.717, 1.165) is 10.9 Å². The fourth-order valence-corrected chi connectivity index (χ4v) is 1.69. The van der Waals surface area contributed by atoms with E-state index in [-0.39, 0.29) is 5.91 Å². The standard InChI is InChI=1S/C12H15N3O/c1-15(7-6-13)12(16)11-8-9-4-2-3-5-10(9)14-11/h2-5,8,14H,6-7,13H2,1H3. The highest BCUT2D eigenvalue weighted by Crippen LogP contribution is 2.15. The molecule has 3 N–H and O–H groups in total. The molecule has 0 bridgehead atoms. The summed E-state index contributed by atoms with van der Waals surface area (Å²) in [7, 11) is 1.75. The molecule has 2 aromatic rings. The highest BCUT2D eigenvalue weighted by molar-refractivity contribution is 5.97. The largest absolute Gasteiger partial charge is 0.351 e. The quantitative estimate of drug-likeness (QED) is 0.811. The molecule has 1 aromatic heterocycles. The first kappa shape index (κ1) is 10.7. The second-order valence-electron chi connectivity index (χ2n) is 3.79. The molecule has 2 rings (SSSR count). The Morgan fingerprint density at radius 1 is 1.44 bits per heavy atom. The lowest BCUT2D eigenvalue weighted by molar-refractivity contribution is 0.0794. The van der Waals surface area contributed by atoms with Gasteiger partial charge in [0.05, 0.1) is 0 Å². The maximum atomic E-state index is 11.9. The van der Waals surface area contributed by atoms with Gasteiger partial charge >= 0.3 is 0 Å². The van der Waals surface area contributed by atoms with Crippen LogP contribution in [0, 0.1) is 0 Å². The van der Waals surface area contributed by atoms with E-state index in [0.29, 0.717) is 18.8 Å². The Morgan fingerprint density at radius 2 is 2.19 bits per heavy atom. The SMILES string of the molecule is CN(CCN)C(=O)c1cc2ccccc2[nH]1. The molecule has 0 aliphatic heterocycles. The summed E-state index contributed by atoms with van der Waals surface area (Å²) >= 11 is 0. The van der Waals surface area contributed by atoms with Gasteiger partial charge in [-0.3, -0.25) is 4.79 Å². The second-order valence-corrected chi connectivity index (χ2v) is 3.79. The number of nitrogens with zero attached hydrogens (tertiary/aromatic N) is 1. The average Bonchev–Trinajstić information content (AvgIpc) is 2.71. The van der Waals surface area contributed by atoms with E-state index in [1.807, 2.05) is 30.3 Å². The number of amides is 1. The number of fused-ring (bicyclic) bond motifs is 1. The molecule has 0 fully saturated rings. The Balaban J connectivity index is 2.29. The minimum atomic E-state index is -0.0262. The number of benzene rings is 1. The number of aromatic nitrogens is 1. The molecule has 1 amide bonds. The van der Waals surface area contributed by atoms with Crippen molar-refractivity contribution >= 4 is 16.8 Å². The third-order valence-corrected chi connectivity index (χ3v) is 2.57. The van der Waals surface area contributed by atoms with Gasteiger partial charge in [0.1, 0.15) is 5.69 Å². The predicted octanol–water partition coefficient (Wildman–Crippen LogP) is 1.20. The van der Waals surface area contributed by atoms with Gasteiger partial charge < -0.3 is 15.6 Å². The zero-order chi connectivity index (χ0) is 11.5. The fourth-order valence-electron chi connectivity index (χ4n) is 1.69. The third-order valence-electron chi connectivity index (χ3n) is 2.57. The molecule has 4 nitrogen and oxygen atoms in total. The van der Waals surface area contributed by atoms with Crippen molar-refractivity contribution in [3.05, 3.63) is 36.0 Å². The van der Waals surface area contributed by atoms with Gasteiger partial charge in [-0.2, -0.15) is 0 Å². The Hall–Kier alpha value is -1.81. The lowest BCUT2D eigenvalue weighted by Gasteiger charge is -2.14. The highest BCUT2D eigenvalue weighted by atomic mass is 16.2. The van der Waals surface area contributed by atoms with E-state index in [9.17, 15) is 4.79 Å². The van der Waals surface area contributed by atoms with Gasteiger partial charge in [-0.1, -0.05) is 18.2 Å². The van der Waals surface area contributed by atoms with Gasteiger partial charge in [0.25, 0.3) is 5.91 Å². The molecule has 0 saturated carbocycles. The molecule has 0 unspecified atom stereocenters. The number of hydrogen-bond donors (Lipinski definition) is 2. The smallest absolute Gasteiger partial charge is 0.270 e. The zero-order valence-electron chi connectivity index (χ0n) is 9.23. The number of likely N-dealkylation sites (N-methyl/N-ethyl adjacent to an activating group) is 1. The van der Waals surface area contributed by atoms with Crippen molar-refractivity contribution in [2.75, 3.05) is 20.1 Å². The molecule has 84 valence electrons. The molecule has 0 spiro atoms. The summed E-state index contributed by atoms with van der Waals surface area (Å²) in [4.78, 5) is 16.7. The van der Waals surface area contributed by atoms with Crippen molar-refractivity contribution < 1.29 is 4.79 Å². The normalized spacial score (nSPS) is 10.6. The Bertz CT molecular complexity index is 471. The van der Waals surface area contributed by atoms with Gasteiger partial charge in [-0.05, 0) is 12.1 Å². The molecule has 0 saturated heterocycles. The minimum Gasteiger partial charge on any atom is -0.351 e. The number of carbonyl (C=O) groups excluding carboxylic acids is 1. The summed E-state index contributed by atoms with van der Waals surface area (Å²) in [5.74, 6) is -0.0262. The van der Waals surface area contributed by atoms with E-state index in [2.05, 4.69) is 4.98 Å². The minimum absolute atomic E-state index is 0.0262. The van der Waals surface area contributed by atoms with Crippen molar-refractivity contribution in [1.82, 2.24) is 9.88 Å². The van der Waals surface area contributed by atoms with Crippen LogP contribution >= 0.6 is 0 Å². The second kappa shape index (κ2) is 4.37. The predicted molar refractivity (Wildman–Crippen MR) is 64.3 cm³/mol. The topological polar surface area (TPSA) is 62.1 Å². The van der Waals surface area contributed by atoms with Crippen molar-refractivity contribution in [3.8, 4) is 0 Å². The summed E-state index contributed by atoms with van der Waals surface area (Å²) in [6, 6.07) is 9.69. The van der Waals surface area contributed by atoms with E-state index >= 15 is 0 Å². The van der Waals surface area contributed by atoms with Gasteiger partial charge in [0.15, 0.2) is 0 Å².